The lowest BCUT2D eigenvalue weighted by atomic mass is 10.1. The van der Waals surface area contributed by atoms with Crippen LogP contribution in [0.4, 0.5) is 0 Å². The largest absolute Gasteiger partial charge is 0.462 e. The van der Waals surface area contributed by atoms with E-state index in [2.05, 4.69) is 81.5 Å². The Balaban J connectivity index is 4.44. The number of ether oxygens (including phenoxy) is 3. The van der Waals surface area contributed by atoms with E-state index in [-0.39, 0.29) is 31.1 Å². The summed E-state index contributed by atoms with van der Waals surface area (Å²) in [7, 11) is 0. The summed E-state index contributed by atoms with van der Waals surface area (Å²) in [6.45, 7) is 6.47. The summed E-state index contributed by atoms with van der Waals surface area (Å²) < 4.78 is 16.7. The molecule has 0 spiro atoms. The van der Waals surface area contributed by atoms with Crippen LogP contribution in [0.25, 0.3) is 0 Å². The second-order valence-electron chi connectivity index (χ2n) is 15.7. The van der Waals surface area contributed by atoms with E-state index in [9.17, 15) is 14.4 Å². The van der Waals surface area contributed by atoms with Gasteiger partial charge in [0.05, 0.1) is 0 Å². The number of hydrogen-bond acceptors (Lipinski definition) is 6. The Hall–Kier alpha value is -2.89. The van der Waals surface area contributed by atoms with Gasteiger partial charge in [-0.2, -0.15) is 0 Å². The summed E-state index contributed by atoms with van der Waals surface area (Å²) >= 11 is 0. The maximum atomic E-state index is 12.7. The molecule has 328 valence electrons. The van der Waals surface area contributed by atoms with Crippen molar-refractivity contribution < 1.29 is 28.6 Å². The molecule has 0 aliphatic carbocycles. The van der Waals surface area contributed by atoms with Crippen molar-refractivity contribution in [1.29, 1.82) is 0 Å². The molecule has 0 N–H and O–H groups in total. The molecule has 0 bridgehead atoms. The minimum absolute atomic E-state index is 0.0894. The van der Waals surface area contributed by atoms with Crippen LogP contribution in [-0.2, 0) is 28.6 Å². The molecule has 57 heavy (non-hydrogen) atoms. The molecule has 0 rings (SSSR count). The van der Waals surface area contributed by atoms with Gasteiger partial charge in [0.15, 0.2) is 6.10 Å². The normalized spacial score (nSPS) is 12.5. The fraction of sp³-hybridized carbons (Fsp3) is 0.745. The third-order valence-electron chi connectivity index (χ3n) is 9.96. The van der Waals surface area contributed by atoms with Crippen molar-refractivity contribution in [3.63, 3.8) is 0 Å². The van der Waals surface area contributed by atoms with Gasteiger partial charge in [0.25, 0.3) is 0 Å². The average Bonchev–Trinajstić information content (AvgIpc) is 3.21. The Morgan fingerprint density at radius 2 is 0.632 bits per heavy atom. The van der Waals surface area contributed by atoms with Crippen molar-refractivity contribution in [2.24, 2.45) is 0 Å². The lowest BCUT2D eigenvalue weighted by molar-refractivity contribution is -0.167. The lowest BCUT2D eigenvalue weighted by Crippen LogP contribution is -2.30. The Kier molecular flexibility index (Phi) is 43.5. The number of allylic oxidation sites excluding steroid dienone is 10. The third-order valence-corrected chi connectivity index (χ3v) is 9.96. The average molecular weight is 797 g/mol. The van der Waals surface area contributed by atoms with Gasteiger partial charge in [-0.1, -0.05) is 178 Å². The Labute approximate surface area is 351 Å². The van der Waals surface area contributed by atoms with E-state index in [1.54, 1.807) is 0 Å². The zero-order valence-electron chi connectivity index (χ0n) is 37.3. The van der Waals surface area contributed by atoms with E-state index in [0.717, 1.165) is 109 Å². The second kappa shape index (κ2) is 45.8. The first-order valence-electron chi connectivity index (χ1n) is 23.8. The maximum Gasteiger partial charge on any atom is 0.306 e. The lowest BCUT2D eigenvalue weighted by Gasteiger charge is -2.18. The standard InChI is InChI=1S/C51H88O6/c1-4-7-10-13-16-19-22-24-26-29-32-35-38-41-44-50(53)56-47-48(46-55-49(52)43-40-37-34-31-28-21-18-15-12-9-6-3)57-51(54)45-42-39-36-33-30-27-25-23-20-17-14-11-8-5-2/h13-18,22-25,48H,4-12,19-21,26-47H2,1-3H3/b16-13-,17-14-,18-15-,24-22-,25-23-/t48-/m1/s1. The fourth-order valence-electron chi connectivity index (χ4n) is 6.28. The summed E-state index contributed by atoms with van der Waals surface area (Å²) in [6.07, 6.45) is 54.8. The molecular formula is C51H88O6. The minimum Gasteiger partial charge on any atom is -0.462 e. The Morgan fingerprint density at radius 1 is 0.351 bits per heavy atom. The zero-order valence-corrected chi connectivity index (χ0v) is 37.3. The molecule has 0 aromatic rings. The predicted molar refractivity (Wildman–Crippen MR) is 242 cm³/mol. The van der Waals surface area contributed by atoms with Gasteiger partial charge in [-0.05, 0) is 89.9 Å². The van der Waals surface area contributed by atoms with Crippen LogP contribution in [0.3, 0.4) is 0 Å². The number of hydrogen-bond donors (Lipinski definition) is 0. The molecule has 1 atom stereocenters. The highest BCUT2D eigenvalue weighted by Gasteiger charge is 2.19. The maximum absolute atomic E-state index is 12.7. The van der Waals surface area contributed by atoms with Crippen molar-refractivity contribution in [2.45, 2.75) is 232 Å². The van der Waals surface area contributed by atoms with E-state index in [1.165, 1.54) is 77.0 Å². The van der Waals surface area contributed by atoms with Gasteiger partial charge in [0, 0.05) is 19.3 Å². The van der Waals surface area contributed by atoms with E-state index < -0.39 is 6.10 Å². The molecule has 0 heterocycles. The van der Waals surface area contributed by atoms with E-state index in [0.29, 0.717) is 19.3 Å². The quantitative estimate of drug-likeness (QED) is 0.0265. The van der Waals surface area contributed by atoms with Gasteiger partial charge in [0.2, 0.25) is 0 Å². The molecule has 0 aliphatic heterocycles. The van der Waals surface area contributed by atoms with Crippen molar-refractivity contribution in [3.05, 3.63) is 60.8 Å². The highest BCUT2D eigenvalue weighted by atomic mass is 16.6. The third kappa shape index (κ3) is 44.1. The molecule has 0 aliphatic rings. The Bertz CT molecular complexity index is 1050. The van der Waals surface area contributed by atoms with Crippen molar-refractivity contribution in [3.8, 4) is 0 Å². The molecule has 0 unspecified atom stereocenters. The van der Waals surface area contributed by atoms with Gasteiger partial charge in [-0.3, -0.25) is 14.4 Å². The highest BCUT2D eigenvalue weighted by Crippen LogP contribution is 2.13. The van der Waals surface area contributed by atoms with Crippen LogP contribution in [0.1, 0.15) is 226 Å². The number of rotatable bonds is 42. The second-order valence-corrected chi connectivity index (χ2v) is 15.7. The van der Waals surface area contributed by atoms with Gasteiger partial charge in [-0.15, -0.1) is 0 Å². The van der Waals surface area contributed by atoms with Crippen LogP contribution in [0.2, 0.25) is 0 Å². The number of carbonyl (C=O) groups is 3. The number of carbonyl (C=O) groups excluding carboxylic acids is 3. The van der Waals surface area contributed by atoms with Crippen LogP contribution in [0.5, 0.6) is 0 Å². The number of unbranched alkanes of at least 4 members (excludes halogenated alkanes) is 21. The fourth-order valence-corrected chi connectivity index (χ4v) is 6.28. The summed E-state index contributed by atoms with van der Waals surface area (Å²) in [4.78, 5) is 37.8. The predicted octanol–water partition coefficient (Wildman–Crippen LogP) is 15.3. The molecular weight excluding hydrogens is 709 g/mol. The zero-order chi connectivity index (χ0) is 41.5. The van der Waals surface area contributed by atoms with Gasteiger partial charge >= 0.3 is 17.9 Å². The van der Waals surface area contributed by atoms with Gasteiger partial charge in [0.1, 0.15) is 13.2 Å². The van der Waals surface area contributed by atoms with Gasteiger partial charge < -0.3 is 14.2 Å². The first kappa shape index (κ1) is 54.1. The summed E-state index contributed by atoms with van der Waals surface area (Å²) in [5, 5.41) is 0. The van der Waals surface area contributed by atoms with Crippen molar-refractivity contribution >= 4 is 17.9 Å². The monoisotopic (exact) mass is 797 g/mol. The smallest absolute Gasteiger partial charge is 0.306 e. The van der Waals surface area contributed by atoms with Crippen LogP contribution in [0.15, 0.2) is 60.8 Å². The van der Waals surface area contributed by atoms with E-state index >= 15 is 0 Å². The first-order valence-corrected chi connectivity index (χ1v) is 23.8. The van der Waals surface area contributed by atoms with Crippen molar-refractivity contribution in [2.75, 3.05) is 13.2 Å². The number of esters is 3. The molecule has 0 aromatic carbocycles. The van der Waals surface area contributed by atoms with Crippen molar-refractivity contribution in [1.82, 2.24) is 0 Å². The molecule has 6 nitrogen and oxygen atoms in total. The highest BCUT2D eigenvalue weighted by molar-refractivity contribution is 5.71. The van der Waals surface area contributed by atoms with Crippen LogP contribution < -0.4 is 0 Å². The summed E-state index contributed by atoms with van der Waals surface area (Å²) in [5.74, 6) is -0.929. The van der Waals surface area contributed by atoms with Gasteiger partial charge in [-0.25, -0.2) is 0 Å². The Morgan fingerprint density at radius 3 is 0.982 bits per heavy atom. The molecule has 0 radical (unpaired) electrons. The summed E-state index contributed by atoms with van der Waals surface area (Å²) in [5.41, 5.74) is 0. The molecule has 0 saturated carbocycles. The minimum atomic E-state index is -0.788. The van der Waals surface area contributed by atoms with Crippen LogP contribution in [0, 0.1) is 0 Å². The molecule has 0 aromatic heterocycles. The molecule has 0 amide bonds. The van der Waals surface area contributed by atoms with Crippen LogP contribution in [-0.4, -0.2) is 37.2 Å². The first-order chi connectivity index (χ1) is 28.0. The molecule has 6 heteroatoms. The SMILES string of the molecule is CCCC/C=C\C/C=C\CCCCCCCC(=O)OC[C@@H](COC(=O)CCCCCCC/C=C\CCCC)OC(=O)CCCCCCC/C=C\C/C=C\CCCC. The van der Waals surface area contributed by atoms with E-state index in [1.807, 2.05) is 0 Å². The van der Waals surface area contributed by atoms with Crippen LogP contribution >= 0.6 is 0 Å². The molecule has 0 fully saturated rings. The molecule has 0 saturated heterocycles. The topological polar surface area (TPSA) is 78.9 Å². The van der Waals surface area contributed by atoms with E-state index in [4.69, 9.17) is 14.2 Å². The summed E-state index contributed by atoms with van der Waals surface area (Å²) in [6, 6.07) is 0.